The molecular formula is C23H21AsN4O3. The number of nitrogens with one attached hydrogen (secondary N) is 2. The van der Waals surface area contributed by atoms with Crippen LogP contribution in [0.3, 0.4) is 0 Å². The molecule has 2 amide bonds. The van der Waals surface area contributed by atoms with Gasteiger partial charge in [0.05, 0.1) is 12.6 Å². The number of aromatic amines is 1. The molecule has 1 unspecified atom stereocenters. The van der Waals surface area contributed by atoms with Crippen molar-refractivity contribution in [1.82, 2.24) is 10.2 Å². The van der Waals surface area contributed by atoms with Gasteiger partial charge in [-0.1, -0.05) is 0 Å². The maximum atomic E-state index is 12.6. The molecule has 0 aliphatic carbocycles. The number of nitrogens with zero attached hydrogens (tertiary/aromatic N) is 2. The molecule has 1 atom stereocenters. The molecule has 0 aliphatic rings. The zero-order valence-corrected chi connectivity index (χ0v) is 19.3. The normalized spacial score (nSPS) is 10.6. The Labute approximate surface area is 187 Å². The zero-order chi connectivity index (χ0) is 21.8. The van der Waals surface area contributed by atoms with Gasteiger partial charge in [-0.15, -0.1) is 0 Å². The van der Waals surface area contributed by atoms with Gasteiger partial charge in [-0.3, -0.25) is 5.10 Å². The Balaban J connectivity index is 1.52. The number of benzene rings is 3. The van der Waals surface area contributed by atoms with Crippen LogP contribution < -0.4 is 14.6 Å². The Morgan fingerprint density at radius 2 is 1.87 bits per heavy atom. The van der Waals surface area contributed by atoms with Crippen molar-refractivity contribution in [3.8, 4) is 0 Å². The van der Waals surface area contributed by atoms with Gasteiger partial charge in [0.1, 0.15) is 0 Å². The van der Waals surface area contributed by atoms with E-state index in [1.165, 1.54) is 28.9 Å². The molecule has 7 nitrogen and oxygen atoms in total. The van der Waals surface area contributed by atoms with E-state index < -0.39 is 6.09 Å². The monoisotopic (exact) mass is 476 g/mol. The number of H-pyrrole nitrogens is 1. The SMILES string of the molecule is COC(=O)N(Cc1ccc(C(=O)Nc2ccccc2[AsH2])cc1)c1ccc2n[nH]cc2c1. The fraction of sp³-hybridized carbons (Fsp3) is 0.0870. The number of carbonyl (C=O) groups excluding carboxylic acids is 2. The van der Waals surface area contributed by atoms with E-state index in [1.807, 2.05) is 54.6 Å². The summed E-state index contributed by atoms with van der Waals surface area (Å²) < 4.78 is 6.03. The van der Waals surface area contributed by atoms with Crippen LogP contribution in [-0.2, 0) is 11.3 Å². The molecule has 3 aromatic carbocycles. The first kappa shape index (κ1) is 20.7. The average Bonchev–Trinajstić information content (AvgIpc) is 3.27. The summed E-state index contributed by atoms with van der Waals surface area (Å²) in [4.78, 5) is 26.5. The van der Waals surface area contributed by atoms with Crippen LogP contribution in [0.25, 0.3) is 10.9 Å². The number of methoxy groups -OCH3 is 1. The molecule has 1 aromatic heterocycles. The first-order valence-corrected chi connectivity index (χ1v) is 10.8. The molecule has 0 spiro atoms. The quantitative estimate of drug-likeness (QED) is 0.434. The second kappa shape index (κ2) is 9.06. The summed E-state index contributed by atoms with van der Waals surface area (Å²) in [6, 6.07) is 20.4. The number of rotatable bonds is 5. The van der Waals surface area contributed by atoms with Gasteiger partial charge < -0.3 is 0 Å². The van der Waals surface area contributed by atoms with Crippen molar-refractivity contribution in [2.24, 2.45) is 0 Å². The third kappa shape index (κ3) is 4.62. The third-order valence-corrected chi connectivity index (χ3v) is 5.94. The minimum absolute atomic E-state index is 0.174. The number of hydrogen-bond donors (Lipinski definition) is 2. The van der Waals surface area contributed by atoms with Crippen molar-refractivity contribution >= 4 is 55.5 Å². The first-order valence-electron chi connectivity index (χ1n) is 9.59. The Bertz CT molecular complexity index is 1240. The summed E-state index contributed by atoms with van der Waals surface area (Å²) in [5.74, 6) is -0.174. The second-order valence-electron chi connectivity index (χ2n) is 6.92. The number of aromatic nitrogens is 2. The van der Waals surface area contributed by atoms with Crippen LogP contribution in [-0.4, -0.2) is 46.2 Å². The van der Waals surface area contributed by atoms with Crippen LogP contribution in [0.1, 0.15) is 15.9 Å². The van der Waals surface area contributed by atoms with E-state index in [0.717, 1.165) is 26.5 Å². The molecule has 0 saturated carbocycles. The van der Waals surface area contributed by atoms with Crippen molar-refractivity contribution in [1.29, 1.82) is 0 Å². The van der Waals surface area contributed by atoms with Gasteiger partial charge in [-0.2, -0.15) is 5.10 Å². The molecule has 4 rings (SSSR count). The van der Waals surface area contributed by atoms with Crippen molar-refractivity contribution < 1.29 is 14.3 Å². The second-order valence-corrected chi connectivity index (χ2v) is 8.23. The van der Waals surface area contributed by atoms with Gasteiger partial charge in [0.2, 0.25) is 0 Å². The fourth-order valence-electron chi connectivity index (χ4n) is 3.22. The molecule has 8 heteroatoms. The first-order chi connectivity index (χ1) is 15.0. The van der Waals surface area contributed by atoms with Crippen molar-refractivity contribution in [3.63, 3.8) is 0 Å². The van der Waals surface area contributed by atoms with Crippen molar-refractivity contribution in [2.45, 2.75) is 6.54 Å². The van der Waals surface area contributed by atoms with Crippen molar-refractivity contribution in [3.05, 3.63) is 84.1 Å². The van der Waals surface area contributed by atoms with Crippen LogP contribution in [0.4, 0.5) is 16.2 Å². The van der Waals surface area contributed by atoms with E-state index in [2.05, 4.69) is 15.5 Å². The summed E-state index contributed by atoms with van der Waals surface area (Å²) in [5.41, 5.74) is 3.74. The molecule has 0 aliphatic heterocycles. The summed E-state index contributed by atoms with van der Waals surface area (Å²) in [6.07, 6.45) is 1.31. The summed E-state index contributed by atoms with van der Waals surface area (Å²) >= 11 is 1.45. The Morgan fingerprint density at radius 1 is 1.10 bits per heavy atom. The standard InChI is InChI=1S/C23H21AsN4O3/c1-31-23(30)28(18-10-11-20-17(12-18)13-25-27-20)14-15-6-8-16(9-7-15)22(29)26-21-5-3-2-4-19(21)24/h2-13H,14,24H2,1H3,(H,25,27)(H,26,29). The number of carbonyl (C=O) groups is 2. The van der Waals surface area contributed by atoms with Gasteiger partial charge in [-0.05, 0) is 6.07 Å². The number of ether oxygens (including phenoxy) is 1. The van der Waals surface area contributed by atoms with Gasteiger partial charge in [0.25, 0.3) is 0 Å². The van der Waals surface area contributed by atoms with E-state index in [-0.39, 0.29) is 5.91 Å². The minimum Gasteiger partial charge on any atom is -0.285 e. The molecule has 0 radical (unpaired) electrons. The van der Waals surface area contributed by atoms with Gasteiger partial charge in [0, 0.05) is 11.6 Å². The average molecular weight is 476 g/mol. The Kier molecular flexibility index (Phi) is 6.05. The van der Waals surface area contributed by atoms with Gasteiger partial charge in [0.15, 0.2) is 0 Å². The predicted molar refractivity (Wildman–Crippen MR) is 124 cm³/mol. The summed E-state index contributed by atoms with van der Waals surface area (Å²) in [5, 5.41) is 10.8. The number of hydrogen-bond acceptors (Lipinski definition) is 4. The van der Waals surface area contributed by atoms with Crippen LogP contribution in [0.5, 0.6) is 0 Å². The molecular weight excluding hydrogens is 455 g/mol. The zero-order valence-electron chi connectivity index (χ0n) is 16.8. The van der Waals surface area contributed by atoms with E-state index in [4.69, 9.17) is 4.74 Å². The van der Waals surface area contributed by atoms with Crippen LogP contribution in [0.15, 0.2) is 72.9 Å². The smallest absolute Gasteiger partial charge is 0.285 e. The minimum atomic E-state index is -0.467. The van der Waals surface area contributed by atoms with E-state index >= 15 is 0 Å². The number of para-hydroxylation sites is 1. The van der Waals surface area contributed by atoms with Gasteiger partial charge in [-0.25, -0.2) is 0 Å². The van der Waals surface area contributed by atoms with Crippen LogP contribution >= 0.6 is 0 Å². The Morgan fingerprint density at radius 3 is 2.61 bits per heavy atom. The number of fused-ring (bicyclic) bond motifs is 1. The summed E-state index contributed by atoms with van der Waals surface area (Å²) in [6.45, 7) is 0.304. The molecule has 4 aromatic rings. The number of amides is 2. The van der Waals surface area contributed by atoms with E-state index in [1.54, 1.807) is 18.3 Å². The third-order valence-electron chi connectivity index (χ3n) is 4.89. The van der Waals surface area contributed by atoms with Crippen LogP contribution in [0, 0.1) is 0 Å². The van der Waals surface area contributed by atoms with Crippen LogP contribution in [0.2, 0.25) is 0 Å². The molecule has 31 heavy (non-hydrogen) atoms. The van der Waals surface area contributed by atoms with E-state index in [9.17, 15) is 9.59 Å². The Hall–Kier alpha value is -3.57. The molecule has 0 fully saturated rings. The maximum absolute atomic E-state index is 12.6. The molecule has 0 saturated heterocycles. The topological polar surface area (TPSA) is 87.3 Å². The molecule has 156 valence electrons. The molecule has 0 bridgehead atoms. The van der Waals surface area contributed by atoms with Gasteiger partial charge >= 0.3 is 147 Å². The number of anilines is 2. The summed E-state index contributed by atoms with van der Waals surface area (Å²) in [7, 11) is 1.35. The molecule has 1 heterocycles. The predicted octanol–water partition coefficient (Wildman–Crippen LogP) is 2.85. The van der Waals surface area contributed by atoms with E-state index in [0.29, 0.717) is 17.8 Å². The molecule has 2 N–H and O–H groups in total. The van der Waals surface area contributed by atoms with Crippen molar-refractivity contribution in [2.75, 3.05) is 17.3 Å². The fourth-order valence-corrected chi connectivity index (χ4v) is 3.81.